The van der Waals surface area contributed by atoms with E-state index in [1.807, 2.05) is 6.92 Å². The molecule has 1 aliphatic rings. The lowest BCUT2D eigenvalue weighted by Gasteiger charge is -2.42. The van der Waals surface area contributed by atoms with E-state index in [1.165, 1.54) is 0 Å². The van der Waals surface area contributed by atoms with E-state index in [0.717, 1.165) is 19.6 Å². The van der Waals surface area contributed by atoms with E-state index < -0.39 is 5.97 Å². The van der Waals surface area contributed by atoms with Crippen molar-refractivity contribution in [3.63, 3.8) is 0 Å². The molecule has 1 heterocycles. The average Bonchev–Trinajstić information content (AvgIpc) is 2.16. The van der Waals surface area contributed by atoms with Gasteiger partial charge in [0.25, 0.3) is 0 Å². The summed E-state index contributed by atoms with van der Waals surface area (Å²) in [4.78, 5) is 15.1. The van der Waals surface area contributed by atoms with Crippen LogP contribution in [-0.4, -0.2) is 66.2 Å². The average molecular weight is 215 g/mol. The maximum Gasteiger partial charge on any atom is 0.304 e. The number of hydrogen-bond donors (Lipinski definition) is 2. The molecule has 5 nitrogen and oxygen atoms in total. The van der Waals surface area contributed by atoms with Crippen LogP contribution in [0, 0.1) is 0 Å². The van der Waals surface area contributed by atoms with Crippen LogP contribution in [0.25, 0.3) is 0 Å². The molecule has 0 spiro atoms. The van der Waals surface area contributed by atoms with Crippen molar-refractivity contribution >= 4 is 5.97 Å². The molecule has 0 amide bonds. The predicted molar refractivity (Wildman–Crippen MR) is 58.8 cm³/mol. The molecule has 0 aromatic rings. The van der Waals surface area contributed by atoms with Gasteiger partial charge in [0, 0.05) is 38.3 Å². The third-order valence-electron chi connectivity index (χ3n) is 3.04. The maximum atomic E-state index is 10.6. The van der Waals surface area contributed by atoms with Crippen molar-refractivity contribution in [2.75, 3.05) is 33.2 Å². The number of nitrogens with zero attached hydrogens (tertiary/aromatic N) is 2. The van der Waals surface area contributed by atoms with Crippen molar-refractivity contribution < 1.29 is 9.90 Å². The standard InChI is InChI=1S/C10H21N3O2/c1-8(5-10(14)15)13-4-3-12(2)7-9(13)6-11/h8-9H,3-7,11H2,1-2H3,(H,14,15). The molecule has 2 atom stereocenters. The van der Waals surface area contributed by atoms with Gasteiger partial charge >= 0.3 is 5.97 Å². The summed E-state index contributed by atoms with van der Waals surface area (Å²) in [6.07, 6.45) is 0.195. The predicted octanol–water partition coefficient (Wildman–Crippen LogP) is -0.576. The summed E-state index contributed by atoms with van der Waals surface area (Å²) in [6, 6.07) is 0.364. The summed E-state index contributed by atoms with van der Waals surface area (Å²) in [7, 11) is 2.07. The SMILES string of the molecule is CC(CC(=O)O)N1CCN(C)CC1CN. The van der Waals surface area contributed by atoms with E-state index in [9.17, 15) is 4.79 Å². The van der Waals surface area contributed by atoms with E-state index >= 15 is 0 Å². The Balaban J connectivity index is 2.54. The molecule has 3 N–H and O–H groups in total. The van der Waals surface area contributed by atoms with E-state index in [1.54, 1.807) is 0 Å². The molecule has 1 fully saturated rings. The highest BCUT2D eigenvalue weighted by molar-refractivity contribution is 5.67. The molecule has 0 aromatic heterocycles. The fourth-order valence-electron chi connectivity index (χ4n) is 2.18. The van der Waals surface area contributed by atoms with Crippen molar-refractivity contribution in [2.45, 2.75) is 25.4 Å². The Labute approximate surface area is 90.8 Å². The maximum absolute atomic E-state index is 10.6. The lowest BCUT2D eigenvalue weighted by atomic mass is 10.1. The van der Waals surface area contributed by atoms with Crippen LogP contribution < -0.4 is 5.73 Å². The molecule has 0 aromatic carbocycles. The van der Waals surface area contributed by atoms with Crippen molar-refractivity contribution in [1.82, 2.24) is 9.80 Å². The molecule has 0 saturated carbocycles. The summed E-state index contributed by atoms with van der Waals surface area (Å²) < 4.78 is 0. The van der Waals surface area contributed by atoms with Crippen molar-refractivity contribution in [3.05, 3.63) is 0 Å². The quantitative estimate of drug-likeness (QED) is 0.657. The Morgan fingerprint density at radius 1 is 1.60 bits per heavy atom. The molecule has 15 heavy (non-hydrogen) atoms. The van der Waals surface area contributed by atoms with Gasteiger partial charge in [0.2, 0.25) is 0 Å². The van der Waals surface area contributed by atoms with E-state index in [-0.39, 0.29) is 18.5 Å². The highest BCUT2D eigenvalue weighted by Gasteiger charge is 2.28. The van der Waals surface area contributed by atoms with Gasteiger partial charge in [-0.1, -0.05) is 0 Å². The van der Waals surface area contributed by atoms with E-state index in [0.29, 0.717) is 6.54 Å². The summed E-state index contributed by atoms with van der Waals surface area (Å²) >= 11 is 0. The minimum absolute atomic E-state index is 0.0738. The minimum Gasteiger partial charge on any atom is -0.481 e. The molecule has 0 radical (unpaired) electrons. The summed E-state index contributed by atoms with van der Waals surface area (Å²) in [5.41, 5.74) is 5.71. The fraction of sp³-hybridized carbons (Fsp3) is 0.900. The van der Waals surface area contributed by atoms with Crippen LogP contribution in [0.5, 0.6) is 0 Å². The number of rotatable bonds is 4. The first-order valence-corrected chi connectivity index (χ1v) is 5.40. The number of aliphatic carboxylic acids is 1. The molecular formula is C10H21N3O2. The van der Waals surface area contributed by atoms with Crippen LogP contribution in [0.15, 0.2) is 0 Å². The second kappa shape index (κ2) is 5.44. The van der Waals surface area contributed by atoms with Gasteiger partial charge in [-0.2, -0.15) is 0 Å². The number of carbonyl (C=O) groups is 1. The number of nitrogens with two attached hydrogens (primary N) is 1. The van der Waals surface area contributed by atoms with Gasteiger partial charge in [-0.15, -0.1) is 0 Å². The van der Waals surface area contributed by atoms with Gasteiger partial charge in [0.1, 0.15) is 0 Å². The van der Waals surface area contributed by atoms with Crippen molar-refractivity contribution in [3.8, 4) is 0 Å². The molecular weight excluding hydrogens is 194 g/mol. The van der Waals surface area contributed by atoms with Crippen LogP contribution in [0.2, 0.25) is 0 Å². The number of carboxylic acid groups (broad SMARTS) is 1. The zero-order chi connectivity index (χ0) is 11.4. The largest absolute Gasteiger partial charge is 0.481 e. The van der Waals surface area contributed by atoms with Gasteiger partial charge < -0.3 is 15.7 Å². The Morgan fingerprint density at radius 3 is 2.80 bits per heavy atom. The Bertz CT molecular complexity index is 223. The zero-order valence-corrected chi connectivity index (χ0v) is 9.52. The normalized spacial score (nSPS) is 26.5. The number of likely N-dealkylation sites (N-methyl/N-ethyl adjacent to an activating group) is 1. The molecule has 1 rings (SSSR count). The Hall–Kier alpha value is -0.650. The van der Waals surface area contributed by atoms with Crippen LogP contribution >= 0.6 is 0 Å². The highest BCUT2D eigenvalue weighted by Crippen LogP contribution is 2.13. The molecule has 5 heteroatoms. The third kappa shape index (κ3) is 3.44. The van der Waals surface area contributed by atoms with Gasteiger partial charge in [0.15, 0.2) is 0 Å². The van der Waals surface area contributed by atoms with Gasteiger partial charge in [-0.05, 0) is 14.0 Å². The summed E-state index contributed by atoms with van der Waals surface area (Å²) in [5, 5.41) is 8.76. The first-order chi connectivity index (χ1) is 7.04. The van der Waals surface area contributed by atoms with Gasteiger partial charge in [0.05, 0.1) is 6.42 Å². The molecule has 0 aliphatic carbocycles. The van der Waals surface area contributed by atoms with Crippen LogP contribution in [0.4, 0.5) is 0 Å². The fourth-order valence-corrected chi connectivity index (χ4v) is 2.18. The van der Waals surface area contributed by atoms with Crippen LogP contribution in [-0.2, 0) is 4.79 Å². The smallest absolute Gasteiger partial charge is 0.304 e. The second-order valence-corrected chi connectivity index (χ2v) is 4.34. The van der Waals surface area contributed by atoms with E-state index in [2.05, 4.69) is 16.8 Å². The van der Waals surface area contributed by atoms with Gasteiger partial charge in [-0.25, -0.2) is 0 Å². The molecule has 2 unspecified atom stereocenters. The Morgan fingerprint density at radius 2 is 2.27 bits per heavy atom. The van der Waals surface area contributed by atoms with E-state index in [4.69, 9.17) is 10.8 Å². The molecule has 1 aliphatic heterocycles. The summed E-state index contributed by atoms with van der Waals surface area (Å²) in [5.74, 6) is -0.739. The minimum atomic E-state index is -0.739. The topological polar surface area (TPSA) is 69.8 Å². The van der Waals surface area contributed by atoms with Crippen molar-refractivity contribution in [1.29, 1.82) is 0 Å². The summed E-state index contributed by atoms with van der Waals surface area (Å²) in [6.45, 7) is 5.38. The monoisotopic (exact) mass is 215 g/mol. The Kier molecular flexibility index (Phi) is 4.50. The molecule has 1 saturated heterocycles. The zero-order valence-electron chi connectivity index (χ0n) is 9.52. The number of carboxylic acids is 1. The second-order valence-electron chi connectivity index (χ2n) is 4.34. The highest BCUT2D eigenvalue weighted by atomic mass is 16.4. The van der Waals surface area contributed by atoms with Crippen molar-refractivity contribution in [2.24, 2.45) is 5.73 Å². The molecule has 0 bridgehead atoms. The van der Waals surface area contributed by atoms with Crippen LogP contribution in [0.3, 0.4) is 0 Å². The van der Waals surface area contributed by atoms with Gasteiger partial charge in [-0.3, -0.25) is 9.69 Å². The number of hydrogen-bond acceptors (Lipinski definition) is 4. The lowest BCUT2D eigenvalue weighted by molar-refractivity contribution is -0.138. The number of piperazine rings is 1. The van der Waals surface area contributed by atoms with Crippen LogP contribution in [0.1, 0.15) is 13.3 Å². The molecule has 88 valence electrons. The first kappa shape index (κ1) is 12.4. The lowest BCUT2D eigenvalue weighted by Crippen LogP contribution is -2.57. The first-order valence-electron chi connectivity index (χ1n) is 5.40. The third-order valence-corrected chi connectivity index (χ3v) is 3.04.